The minimum Gasteiger partial charge on any atom is -0.309 e. The van der Waals surface area contributed by atoms with Gasteiger partial charge in [0, 0.05) is 27.1 Å². The third-order valence-corrected chi connectivity index (χ3v) is 12.6. The standard InChI is InChI=1S/C58H36N4/c1-3-16-37(17-4-1)43-30-44(38-18-5-2-6-19-38)32-45(31-43)57-58(60-50-26-13-12-25-49(50)59-57)62-53-29-15-28-52(56(53)48-34-40-21-8-10-23-42(40)36-55(48)62)61-51-27-14-11-24-46(51)47-33-39-20-7-9-22-41(39)35-54(47)61/h1-36H. The molecule has 0 aliphatic rings. The smallest absolute Gasteiger partial charge is 0.165 e. The molecule has 0 N–H and O–H groups in total. The number of benzene rings is 10. The third-order valence-electron chi connectivity index (χ3n) is 12.6. The topological polar surface area (TPSA) is 35.6 Å². The van der Waals surface area contributed by atoms with Gasteiger partial charge in [0.05, 0.1) is 38.8 Å². The van der Waals surface area contributed by atoms with Crippen LogP contribution in [-0.4, -0.2) is 19.1 Å². The minimum atomic E-state index is 0.786. The first-order valence-corrected chi connectivity index (χ1v) is 21.2. The van der Waals surface area contributed by atoms with Crippen LogP contribution in [0.4, 0.5) is 0 Å². The molecule has 0 radical (unpaired) electrons. The fourth-order valence-corrected chi connectivity index (χ4v) is 9.76. The number of hydrogen-bond donors (Lipinski definition) is 0. The Morgan fingerprint density at radius 1 is 0.290 bits per heavy atom. The zero-order chi connectivity index (χ0) is 40.7. The zero-order valence-corrected chi connectivity index (χ0v) is 33.6. The summed E-state index contributed by atoms with van der Waals surface area (Å²) in [6.07, 6.45) is 0. The van der Waals surface area contributed by atoms with Crippen molar-refractivity contribution < 1.29 is 0 Å². The molecule has 0 atom stereocenters. The van der Waals surface area contributed by atoms with E-state index in [1.807, 2.05) is 12.1 Å². The van der Waals surface area contributed by atoms with E-state index in [-0.39, 0.29) is 0 Å². The molecule has 0 amide bonds. The van der Waals surface area contributed by atoms with Crippen LogP contribution in [0.25, 0.3) is 121 Å². The summed E-state index contributed by atoms with van der Waals surface area (Å²) in [4.78, 5) is 11.1. The molecule has 288 valence electrons. The Bertz CT molecular complexity index is 3860. The van der Waals surface area contributed by atoms with Gasteiger partial charge in [-0.3, -0.25) is 4.57 Å². The van der Waals surface area contributed by atoms with Gasteiger partial charge in [-0.2, -0.15) is 0 Å². The monoisotopic (exact) mass is 788 g/mol. The lowest BCUT2D eigenvalue weighted by atomic mass is 9.95. The molecular weight excluding hydrogens is 753 g/mol. The largest absolute Gasteiger partial charge is 0.309 e. The lowest BCUT2D eigenvalue weighted by Gasteiger charge is -2.16. The van der Waals surface area contributed by atoms with Crippen molar-refractivity contribution in [1.82, 2.24) is 19.1 Å². The summed E-state index contributed by atoms with van der Waals surface area (Å²) in [6, 6.07) is 78.6. The van der Waals surface area contributed by atoms with Gasteiger partial charge < -0.3 is 4.57 Å². The van der Waals surface area contributed by atoms with Gasteiger partial charge in [0.15, 0.2) is 5.82 Å². The first-order chi connectivity index (χ1) is 30.7. The molecule has 0 saturated carbocycles. The molecule has 4 heteroatoms. The third kappa shape index (κ3) is 5.33. The Morgan fingerprint density at radius 2 is 0.790 bits per heavy atom. The molecule has 62 heavy (non-hydrogen) atoms. The quantitative estimate of drug-likeness (QED) is 0.174. The molecule has 0 bridgehead atoms. The van der Waals surface area contributed by atoms with Crippen molar-refractivity contribution in [1.29, 1.82) is 0 Å². The molecule has 0 fully saturated rings. The number of para-hydroxylation sites is 3. The molecular formula is C58H36N4. The Morgan fingerprint density at radius 3 is 1.45 bits per heavy atom. The van der Waals surface area contributed by atoms with Gasteiger partial charge in [0.2, 0.25) is 0 Å². The summed E-state index contributed by atoms with van der Waals surface area (Å²) in [5.74, 6) is 0.786. The van der Waals surface area contributed by atoms with E-state index in [2.05, 4.69) is 215 Å². The molecule has 3 aromatic heterocycles. The lowest BCUT2D eigenvalue weighted by Crippen LogP contribution is -2.04. The highest BCUT2D eigenvalue weighted by Crippen LogP contribution is 2.44. The van der Waals surface area contributed by atoms with Crippen LogP contribution in [-0.2, 0) is 0 Å². The van der Waals surface area contributed by atoms with E-state index in [1.54, 1.807) is 0 Å². The molecule has 0 saturated heterocycles. The summed E-state index contributed by atoms with van der Waals surface area (Å²) in [5, 5.41) is 9.59. The Kier molecular flexibility index (Phi) is 7.57. The second kappa shape index (κ2) is 13.6. The SMILES string of the molecule is c1ccc(-c2cc(-c3ccccc3)cc(-c3nc4ccccc4nc3-n3c4cc5ccccc5cc4c4c(-n5c6ccccc6c6cc7ccccc7cc65)cccc43)c2)cc1. The van der Waals surface area contributed by atoms with E-state index in [9.17, 15) is 0 Å². The Labute approximate surface area is 357 Å². The number of hydrogen-bond acceptors (Lipinski definition) is 2. The average Bonchev–Trinajstić information content (AvgIpc) is 3.84. The van der Waals surface area contributed by atoms with Gasteiger partial charge in [0.25, 0.3) is 0 Å². The highest BCUT2D eigenvalue weighted by atomic mass is 15.1. The fraction of sp³-hybridized carbons (Fsp3) is 0. The second-order valence-corrected chi connectivity index (χ2v) is 16.2. The van der Waals surface area contributed by atoms with Crippen molar-refractivity contribution in [2.24, 2.45) is 0 Å². The summed E-state index contributed by atoms with van der Waals surface area (Å²) < 4.78 is 4.84. The van der Waals surface area contributed by atoms with Crippen LogP contribution in [0, 0.1) is 0 Å². The molecule has 3 heterocycles. The molecule has 10 aromatic carbocycles. The highest BCUT2D eigenvalue weighted by molar-refractivity contribution is 6.20. The van der Waals surface area contributed by atoms with Crippen LogP contribution < -0.4 is 0 Å². The molecule has 0 aliphatic heterocycles. The average molecular weight is 789 g/mol. The van der Waals surface area contributed by atoms with Crippen LogP contribution in [0.1, 0.15) is 0 Å². The zero-order valence-electron chi connectivity index (χ0n) is 33.6. The van der Waals surface area contributed by atoms with Crippen molar-refractivity contribution in [3.63, 3.8) is 0 Å². The van der Waals surface area contributed by atoms with Crippen molar-refractivity contribution in [3.8, 4) is 45.0 Å². The van der Waals surface area contributed by atoms with Gasteiger partial charge in [-0.1, -0.05) is 146 Å². The molecule has 13 rings (SSSR count). The summed E-state index contributed by atoms with van der Waals surface area (Å²) >= 11 is 0. The van der Waals surface area contributed by atoms with E-state index >= 15 is 0 Å². The van der Waals surface area contributed by atoms with Gasteiger partial charge in [-0.15, -0.1) is 0 Å². The number of aromatic nitrogens is 4. The molecule has 0 spiro atoms. The van der Waals surface area contributed by atoms with Gasteiger partial charge in [-0.25, -0.2) is 9.97 Å². The maximum Gasteiger partial charge on any atom is 0.165 e. The molecule has 0 unspecified atom stereocenters. The first-order valence-electron chi connectivity index (χ1n) is 21.2. The predicted octanol–water partition coefficient (Wildman–Crippen LogP) is 15.1. The van der Waals surface area contributed by atoms with Crippen molar-refractivity contribution in [2.45, 2.75) is 0 Å². The van der Waals surface area contributed by atoms with Crippen LogP contribution in [0.3, 0.4) is 0 Å². The fourth-order valence-electron chi connectivity index (χ4n) is 9.76. The summed E-state index contributed by atoms with van der Waals surface area (Å²) in [5.41, 5.74) is 13.7. The second-order valence-electron chi connectivity index (χ2n) is 16.2. The molecule has 4 nitrogen and oxygen atoms in total. The normalized spacial score (nSPS) is 11.9. The van der Waals surface area contributed by atoms with E-state index < -0.39 is 0 Å². The van der Waals surface area contributed by atoms with Crippen LogP contribution >= 0.6 is 0 Å². The van der Waals surface area contributed by atoms with Crippen LogP contribution in [0.15, 0.2) is 218 Å². The summed E-state index contributed by atoms with van der Waals surface area (Å²) in [7, 11) is 0. The van der Waals surface area contributed by atoms with Crippen molar-refractivity contribution in [2.75, 3.05) is 0 Å². The highest BCUT2D eigenvalue weighted by Gasteiger charge is 2.24. The first kappa shape index (κ1) is 34.5. The van der Waals surface area contributed by atoms with E-state index in [0.717, 1.165) is 77.9 Å². The van der Waals surface area contributed by atoms with Gasteiger partial charge in [0.1, 0.15) is 5.69 Å². The Balaban J connectivity index is 1.17. The van der Waals surface area contributed by atoms with Gasteiger partial charge >= 0.3 is 0 Å². The van der Waals surface area contributed by atoms with E-state index in [0.29, 0.717) is 0 Å². The number of rotatable bonds is 5. The van der Waals surface area contributed by atoms with Gasteiger partial charge in [-0.05, 0) is 117 Å². The maximum atomic E-state index is 5.60. The number of nitrogens with zero attached hydrogens (tertiary/aromatic N) is 4. The predicted molar refractivity (Wildman–Crippen MR) is 260 cm³/mol. The van der Waals surface area contributed by atoms with Crippen LogP contribution in [0.5, 0.6) is 0 Å². The minimum absolute atomic E-state index is 0.786. The van der Waals surface area contributed by atoms with Crippen LogP contribution in [0.2, 0.25) is 0 Å². The van der Waals surface area contributed by atoms with Crippen molar-refractivity contribution >= 4 is 76.2 Å². The van der Waals surface area contributed by atoms with E-state index in [1.165, 1.54) is 43.4 Å². The Hall–Kier alpha value is -8.34. The van der Waals surface area contributed by atoms with E-state index in [4.69, 9.17) is 9.97 Å². The molecule has 0 aliphatic carbocycles. The lowest BCUT2D eigenvalue weighted by molar-refractivity contribution is 1.08. The number of fused-ring (bicyclic) bond motifs is 9. The summed E-state index contributed by atoms with van der Waals surface area (Å²) in [6.45, 7) is 0. The maximum absolute atomic E-state index is 5.60. The molecule has 13 aromatic rings. The van der Waals surface area contributed by atoms with Crippen molar-refractivity contribution in [3.05, 3.63) is 218 Å².